The molecule has 1 N–H and O–H groups in total. The fourth-order valence-electron chi connectivity index (χ4n) is 2.80. The number of rotatable bonds is 5. The minimum Gasteiger partial charge on any atom is -0.323 e. The Bertz CT molecular complexity index is 1030. The number of pyridine rings is 1. The van der Waals surface area contributed by atoms with Gasteiger partial charge >= 0.3 is 0 Å². The van der Waals surface area contributed by atoms with Crippen LogP contribution in [0.15, 0.2) is 46.2 Å². The summed E-state index contributed by atoms with van der Waals surface area (Å²) in [6.07, 6.45) is 2.81. The highest BCUT2D eigenvalue weighted by Crippen LogP contribution is 2.25. The molecule has 1 fully saturated rings. The summed E-state index contributed by atoms with van der Waals surface area (Å²) in [5.74, 6) is -0.517. The van der Waals surface area contributed by atoms with Crippen molar-refractivity contribution < 1.29 is 13.2 Å². The standard InChI is InChI=1S/C17H17Cl2N3O4S/c18-12-3-5-15(14(19)9-12)20-16(23)11-21-10-13(4-6-17(21)24)27(25,26)22-7-1-2-8-22/h3-6,9-10H,1-2,7-8,11H2,(H,20,23). The second-order valence-electron chi connectivity index (χ2n) is 6.11. The lowest BCUT2D eigenvalue weighted by molar-refractivity contribution is -0.116. The fraction of sp³-hybridized carbons (Fsp3) is 0.294. The van der Waals surface area contributed by atoms with E-state index in [0.29, 0.717) is 23.8 Å². The summed E-state index contributed by atoms with van der Waals surface area (Å²) in [5.41, 5.74) is -0.132. The van der Waals surface area contributed by atoms with Crippen LogP contribution in [0, 0.1) is 0 Å². The third-order valence-electron chi connectivity index (χ3n) is 4.18. The Hall–Kier alpha value is -1.87. The Morgan fingerprint density at radius 3 is 2.48 bits per heavy atom. The first kappa shape index (κ1) is 19.9. The van der Waals surface area contributed by atoms with Crippen molar-refractivity contribution in [2.24, 2.45) is 0 Å². The molecule has 0 aliphatic carbocycles. The summed E-state index contributed by atoms with van der Waals surface area (Å²) in [5, 5.41) is 3.26. The van der Waals surface area contributed by atoms with E-state index in [2.05, 4.69) is 5.32 Å². The van der Waals surface area contributed by atoms with Crippen LogP contribution in [0.1, 0.15) is 12.8 Å². The van der Waals surface area contributed by atoms with Crippen LogP contribution < -0.4 is 10.9 Å². The van der Waals surface area contributed by atoms with Gasteiger partial charge in [-0.05, 0) is 37.1 Å². The number of halogens is 2. The average Bonchev–Trinajstić information content (AvgIpc) is 3.15. The van der Waals surface area contributed by atoms with Gasteiger partial charge in [-0.15, -0.1) is 0 Å². The second-order valence-corrected chi connectivity index (χ2v) is 8.90. The zero-order valence-electron chi connectivity index (χ0n) is 14.2. The van der Waals surface area contributed by atoms with E-state index in [1.165, 1.54) is 22.6 Å². The van der Waals surface area contributed by atoms with Crippen LogP contribution in [0.4, 0.5) is 5.69 Å². The minimum absolute atomic E-state index is 0.0127. The first-order chi connectivity index (χ1) is 12.8. The molecule has 0 bridgehead atoms. The molecule has 7 nitrogen and oxygen atoms in total. The van der Waals surface area contributed by atoms with Crippen LogP contribution in [-0.4, -0.2) is 36.3 Å². The molecule has 0 unspecified atom stereocenters. The van der Waals surface area contributed by atoms with Gasteiger partial charge in [-0.1, -0.05) is 23.2 Å². The summed E-state index contributed by atoms with van der Waals surface area (Å²) in [6, 6.07) is 7.00. The van der Waals surface area contributed by atoms with Gasteiger partial charge in [0.1, 0.15) is 6.54 Å². The summed E-state index contributed by atoms with van der Waals surface area (Å²) in [6.45, 7) is 0.565. The number of nitrogens with zero attached hydrogens (tertiary/aromatic N) is 2. The molecule has 0 radical (unpaired) electrons. The van der Waals surface area contributed by atoms with Crippen LogP contribution in [0.2, 0.25) is 10.0 Å². The number of anilines is 1. The first-order valence-electron chi connectivity index (χ1n) is 8.23. The Morgan fingerprint density at radius 1 is 1.11 bits per heavy atom. The van der Waals surface area contributed by atoms with E-state index in [9.17, 15) is 18.0 Å². The molecule has 2 heterocycles. The van der Waals surface area contributed by atoms with Crippen molar-refractivity contribution in [1.29, 1.82) is 0 Å². The van der Waals surface area contributed by atoms with Crippen LogP contribution in [0.5, 0.6) is 0 Å². The number of amides is 1. The molecule has 2 aromatic rings. The Morgan fingerprint density at radius 2 is 1.81 bits per heavy atom. The van der Waals surface area contributed by atoms with Crippen LogP contribution in [-0.2, 0) is 21.4 Å². The van der Waals surface area contributed by atoms with Crippen molar-refractivity contribution in [3.8, 4) is 0 Å². The molecule has 1 aromatic carbocycles. The number of hydrogen-bond donors (Lipinski definition) is 1. The predicted octanol–water partition coefficient (Wildman–Crippen LogP) is 2.58. The summed E-state index contributed by atoms with van der Waals surface area (Å²) < 4.78 is 27.7. The van der Waals surface area contributed by atoms with Crippen molar-refractivity contribution in [2.75, 3.05) is 18.4 Å². The van der Waals surface area contributed by atoms with Crippen LogP contribution in [0.3, 0.4) is 0 Å². The van der Waals surface area contributed by atoms with Crippen LogP contribution in [0.25, 0.3) is 0 Å². The van der Waals surface area contributed by atoms with Gasteiger partial charge in [0.05, 0.1) is 15.6 Å². The van der Waals surface area contributed by atoms with Crippen molar-refractivity contribution in [3.63, 3.8) is 0 Å². The lowest BCUT2D eigenvalue weighted by Crippen LogP contribution is -2.31. The van der Waals surface area contributed by atoms with E-state index < -0.39 is 21.5 Å². The van der Waals surface area contributed by atoms with Gasteiger partial charge in [0, 0.05) is 30.4 Å². The third-order valence-corrected chi connectivity index (χ3v) is 6.61. The molecule has 0 saturated carbocycles. The van der Waals surface area contributed by atoms with Gasteiger partial charge in [-0.2, -0.15) is 4.31 Å². The van der Waals surface area contributed by atoms with Gasteiger partial charge in [0.2, 0.25) is 15.9 Å². The monoisotopic (exact) mass is 429 g/mol. The second kappa shape index (κ2) is 8.02. The summed E-state index contributed by atoms with van der Waals surface area (Å²) in [7, 11) is -3.68. The van der Waals surface area contributed by atoms with Gasteiger partial charge in [0.15, 0.2) is 0 Å². The zero-order chi connectivity index (χ0) is 19.6. The molecular formula is C17H17Cl2N3O4S. The molecule has 144 valence electrons. The number of aromatic nitrogens is 1. The largest absolute Gasteiger partial charge is 0.323 e. The molecule has 1 aliphatic rings. The van der Waals surface area contributed by atoms with E-state index >= 15 is 0 Å². The van der Waals surface area contributed by atoms with Gasteiger partial charge in [-0.3, -0.25) is 9.59 Å². The number of hydrogen-bond acceptors (Lipinski definition) is 4. The SMILES string of the molecule is O=C(Cn1cc(S(=O)(=O)N2CCCC2)ccc1=O)Nc1ccc(Cl)cc1Cl. The minimum atomic E-state index is -3.68. The van der Waals surface area contributed by atoms with Crippen molar-refractivity contribution >= 4 is 44.8 Å². The van der Waals surface area contributed by atoms with E-state index in [0.717, 1.165) is 23.5 Å². The fourth-order valence-corrected chi connectivity index (χ4v) is 4.79. The maximum atomic E-state index is 12.6. The van der Waals surface area contributed by atoms with E-state index in [4.69, 9.17) is 23.2 Å². The van der Waals surface area contributed by atoms with Gasteiger partial charge < -0.3 is 9.88 Å². The molecule has 1 aliphatic heterocycles. The highest BCUT2D eigenvalue weighted by Gasteiger charge is 2.27. The number of sulfonamides is 1. The smallest absolute Gasteiger partial charge is 0.251 e. The number of benzene rings is 1. The summed E-state index contributed by atoms with van der Waals surface area (Å²) >= 11 is 11.8. The Balaban J connectivity index is 1.80. The Labute approximate surface area is 166 Å². The predicted molar refractivity (Wildman–Crippen MR) is 104 cm³/mol. The van der Waals surface area contributed by atoms with Crippen molar-refractivity contribution in [2.45, 2.75) is 24.3 Å². The maximum Gasteiger partial charge on any atom is 0.251 e. The maximum absolute atomic E-state index is 12.6. The van der Waals surface area contributed by atoms with E-state index in [1.54, 1.807) is 12.1 Å². The van der Waals surface area contributed by atoms with Crippen molar-refractivity contribution in [1.82, 2.24) is 8.87 Å². The number of carbonyl (C=O) groups is 1. The summed E-state index contributed by atoms with van der Waals surface area (Å²) in [4.78, 5) is 24.3. The van der Waals surface area contributed by atoms with Gasteiger partial charge in [0.25, 0.3) is 5.56 Å². The highest BCUT2D eigenvalue weighted by atomic mass is 35.5. The van der Waals surface area contributed by atoms with E-state index in [-0.39, 0.29) is 16.5 Å². The Kier molecular flexibility index (Phi) is 5.90. The number of carbonyl (C=O) groups excluding carboxylic acids is 1. The molecule has 1 saturated heterocycles. The van der Waals surface area contributed by atoms with E-state index in [1.807, 2.05) is 0 Å². The topological polar surface area (TPSA) is 88.5 Å². The molecule has 1 amide bonds. The molecule has 27 heavy (non-hydrogen) atoms. The lowest BCUT2D eigenvalue weighted by Gasteiger charge is -2.16. The quantitative estimate of drug-likeness (QED) is 0.790. The average molecular weight is 430 g/mol. The first-order valence-corrected chi connectivity index (χ1v) is 10.4. The van der Waals surface area contributed by atoms with Crippen molar-refractivity contribution in [3.05, 3.63) is 56.9 Å². The molecule has 0 spiro atoms. The molecule has 0 atom stereocenters. The normalized spacial score (nSPS) is 15.0. The highest BCUT2D eigenvalue weighted by molar-refractivity contribution is 7.89. The van der Waals surface area contributed by atoms with Crippen LogP contribution >= 0.6 is 23.2 Å². The molecule has 3 rings (SSSR count). The molecule has 10 heteroatoms. The molecule has 1 aromatic heterocycles. The number of nitrogens with one attached hydrogen (secondary N) is 1. The van der Waals surface area contributed by atoms with Gasteiger partial charge in [-0.25, -0.2) is 8.42 Å². The molecular weight excluding hydrogens is 413 g/mol. The third kappa shape index (κ3) is 4.52. The zero-order valence-corrected chi connectivity index (χ0v) is 16.5. The lowest BCUT2D eigenvalue weighted by atomic mass is 10.3.